The number of rotatable bonds is 2. The molecule has 3 N–H and O–H groups in total. The van der Waals surface area contributed by atoms with Gasteiger partial charge in [-0.1, -0.05) is 6.07 Å². The highest BCUT2D eigenvalue weighted by molar-refractivity contribution is 6.08. The summed E-state index contributed by atoms with van der Waals surface area (Å²) in [5.41, 5.74) is 3.20. The number of carboxylic acid groups (broad SMARTS) is 1. The summed E-state index contributed by atoms with van der Waals surface area (Å²) in [5.74, 6) is -2.30. The molecule has 0 bridgehead atoms. The van der Waals surface area contributed by atoms with Crippen LogP contribution < -0.4 is 15.8 Å². The van der Waals surface area contributed by atoms with Gasteiger partial charge >= 0.3 is 12.1 Å². The molecular formula is C22H24F3N5O4. The molecule has 2 aliphatic rings. The van der Waals surface area contributed by atoms with E-state index in [1.165, 1.54) is 0 Å². The van der Waals surface area contributed by atoms with Gasteiger partial charge in [-0.15, -0.1) is 0 Å². The molecule has 5 rings (SSSR count). The Morgan fingerprint density at radius 1 is 1.15 bits per heavy atom. The van der Waals surface area contributed by atoms with Gasteiger partial charge in [-0.3, -0.25) is 9.59 Å². The van der Waals surface area contributed by atoms with Crippen LogP contribution in [0.25, 0.3) is 16.6 Å². The Morgan fingerprint density at radius 2 is 1.85 bits per heavy atom. The lowest BCUT2D eigenvalue weighted by Crippen LogP contribution is -2.35. The van der Waals surface area contributed by atoms with Crippen LogP contribution in [0.3, 0.4) is 0 Å². The number of anilines is 1. The van der Waals surface area contributed by atoms with Crippen LogP contribution in [-0.2, 0) is 9.59 Å². The van der Waals surface area contributed by atoms with E-state index in [0.717, 1.165) is 61.1 Å². The van der Waals surface area contributed by atoms with Gasteiger partial charge in [0.25, 0.3) is 5.56 Å². The minimum Gasteiger partial charge on any atom is -0.475 e. The molecule has 34 heavy (non-hydrogen) atoms. The number of piperidine rings is 2. The summed E-state index contributed by atoms with van der Waals surface area (Å²) < 4.78 is 33.6. The molecule has 0 unspecified atom stereocenters. The molecule has 2 aliphatic heterocycles. The second-order valence-corrected chi connectivity index (χ2v) is 8.32. The third-order valence-corrected chi connectivity index (χ3v) is 6.06. The van der Waals surface area contributed by atoms with Crippen LogP contribution in [-0.4, -0.2) is 57.4 Å². The van der Waals surface area contributed by atoms with E-state index in [9.17, 15) is 22.8 Å². The van der Waals surface area contributed by atoms with Gasteiger partial charge in [0.2, 0.25) is 5.91 Å². The Kier molecular flexibility index (Phi) is 6.60. The quantitative estimate of drug-likeness (QED) is 0.520. The number of halogens is 3. The number of alkyl halides is 3. The predicted octanol–water partition coefficient (Wildman–Crippen LogP) is 2.79. The molecule has 0 spiro atoms. The number of amides is 1. The number of hydrogen-bond acceptors (Lipinski definition) is 5. The molecule has 2 saturated heterocycles. The number of nitrogens with one attached hydrogen (secondary N) is 2. The largest absolute Gasteiger partial charge is 0.490 e. The molecule has 0 aliphatic carbocycles. The van der Waals surface area contributed by atoms with Crippen molar-refractivity contribution < 1.29 is 27.9 Å². The van der Waals surface area contributed by atoms with Gasteiger partial charge in [-0.25, -0.2) is 9.31 Å². The van der Waals surface area contributed by atoms with Gasteiger partial charge in [-0.2, -0.15) is 18.3 Å². The zero-order chi connectivity index (χ0) is 24.5. The van der Waals surface area contributed by atoms with E-state index < -0.39 is 12.1 Å². The van der Waals surface area contributed by atoms with Crippen LogP contribution in [0, 0.1) is 0 Å². The van der Waals surface area contributed by atoms with Crippen LogP contribution in [0.2, 0.25) is 0 Å². The van der Waals surface area contributed by atoms with Crippen molar-refractivity contribution in [1.29, 1.82) is 0 Å². The zero-order valence-corrected chi connectivity index (χ0v) is 18.2. The minimum atomic E-state index is -5.08. The third-order valence-electron chi connectivity index (χ3n) is 6.06. The van der Waals surface area contributed by atoms with Gasteiger partial charge in [0.1, 0.15) is 5.65 Å². The average Bonchev–Trinajstić information content (AvgIpc) is 3.18. The number of H-pyrrole nitrogens is 1. The Labute approximate surface area is 191 Å². The smallest absolute Gasteiger partial charge is 0.475 e. The lowest BCUT2D eigenvalue weighted by atomic mass is 9.94. The molecule has 0 atom stereocenters. The van der Waals surface area contributed by atoms with E-state index >= 15 is 0 Å². The van der Waals surface area contributed by atoms with Gasteiger partial charge in [0.15, 0.2) is 0 Å². The number of carboxylic acids is 1. The molecular weight excluding hydrogens is 455 g/mol. The van der Waals surface area contributed by atoms with Crippen molar-refractivity contribution in [2.75, 3.05) is 24.5 Å². The highest BCUT2D eigenvalue weighted by Gasteiger charge is 2.38. The standard InChI is InChI=1S/C20H23N5O2.C2HF3O2/c26-17-12-16(13-7-9-21-10-8-13)25-20(22-17)19-14(23-25)4-3-5-15(19)24-11-2-1-6-18(24)27;3-2(4,5)1(6)7/h3-5,12-13,21H,1-2,6-11H2,(H,22,26);(H,6,7). The Bertz CT molecular complexity index is 1280. The monoisotopic (exact) mass is 479 g/mol. The lowest BCUT2D eigenvalue weighted by molar-refractivity contribution is -0.192. The molecule has 182 valence electrons. The number of aromatic nitrogens is 3. The fourth-order valence-electron chi connectivity index (χ4n) is 4.46. The van der Waals surface area contributed by atoms with Crippen LogP contribution >= 0.6 is 0 Å². The molecule has 1 amide bonds. The zero-order valence-electron chi connectivity index (χ0n) is 18.2. The van der Waals surface area contributed by atoms with Crippen LogP contribution in [0.5, 0.6) is 0 Å². The van der Waals surface area contributed by atoms with Gasteiger partial charge in [0.05, 0.1) is 22.3 Å². The van der Waals surface area contributed by atoms with Crippen molar-refractivity contribution in [3.63, 3.8) is 0 Å². The summed E-state index contributed by atoms with van der Waals surface area (Å²) in [6.45, 7) is 2.62. The Morgan fingerprint density at radius 3 is 2.50 bits per heavy atom. The lowest BCUT2D eigenvalue weighted by Gasteiger charge is -2.27. The van der Waals surface area contributed by atoms with E-state index in [4.69, 9.17) is 15.0 Å². The highest BCUT2D eigenvalue weighted by atomic mass is 19.4. The molecule has 4 heterocycles. The molecule has 1 aromatic carbocycles. The number of fused-ring (bicyclic) bond motifs is 3. The van der Waals surface area contributed by atoms with Crippen molar-refractivity contribution >= 4 is 34.1 Å². The summed E-state index contributed by atoms with van der Waals surface area (Å²) in [4.78, 5) is 38.7. The van der Waals surface area contributed by atoms with E-state index in [1.54, 1.807) is 6.07 Å². The maximum Gasteiger partial charge on any atom is 0.490 e. The first-order valence-electron chi connectivity index (χ1n) is 11.0. The number of carbonyl (C=O) groups excluding carboxylic acids is 1. The SMILES string of the molecule is O=C(O)C(F)(F)F.O=C1CCCCN1c1cccc2nn3c(C4CCNCC4)cc(=O)[nH]c3c12. The molecule has 0 saturated carbocycles. The van der Waals surface area contributed by atoms with Crippen molar-refractivity contribution in [1.82, 2.24) is 19.9 Å². The van der Waals surface area contributed by atoms with Crippen molar-refractivity contribution in [3.05, 3.63) is 40.3 Å². The summed E-state index contributed by atoms with van der Waals surface area (Å²) in [7, 11) is 0. The fourth-order valence-corrected chi connectivity index (χ4v) is 4.46. The predicted molar refractivity (Wildman–Crippen MR) is 118 cm³/mol. The van der Waals surface area contributed by atoms with E-state index in [1.807, 2.05) is 27.6 Å². The van der Waals surface area contributed by atoms with Crippen LogP contribution in [0.1, 0.15) is 43.7 Å². The fraction of sp³-hybridized carbons (Fsp3) is 0.455. The van der Waals surface area contributed by atoms with Gasteiger partial charge in [0, 0.05) is 24.9 Å². The normalized spacial score (nSPS) is 17.6. The summed E-state index contributed by atoms with van der Waals surface area (Å²) in [6.07, 6.45) is -0.583. The molecule has 12 heteroatoms. The second kappa shape index (κ2) is 9.45. The van der Waals surface area contributed by atoms with E-state index in [0.29, 0.717) is 24.5 Å². The number of carbonyl (C=O) groups is 2. The van der Waals surface area contributed by atoms with E-state index in [-0.39, 0.29) is 11.5 Å². The Hall–Kier alpha value is -3.41. The molecule has 2 fully saturated rings. The summed E-state index contributed by atoms with van der Waals surface area (Å²) >= 11 is 0. The highest BCUT2D eigenvalue weighted by Crippen LogP contribution is 2.33. The maximum atomic E-state index is 12.5. The topological polar surface area (TPSA) is 120 Å². The van der Waals surface area contributed by atoms with Crippen molar-refractivity contribution in [2.24, 2.45) is 0 Å². The molecule has 9 nitrogen and oxygen atoms in total. The van der Waals surface area contributed by atoms with Crippen molar-refractivity contribution in [3.8, 4) is 0 Å². The maximum absolute atomic E-state index is 12.5. The van der Waals surface area contributed by atoms with Gasteiger partial charge in [-0.05, 0) is 50.9 Å². The minimum absolute atomic E-state index is 0.113. The number of aliphatic carboxylic acids is 1. The summed E-state index contributed by atoms with van der Waals surface area (Å²) in [6, 6.07) is 7.53. The third kappa shape index (κ3) is 4.76. The second-order valence-electron chi connectivity index (χ2n) is 8.32. The Balaban J connectivity index is 0.000000344. The number of hydrogen-bond donors (Lipinski definition) is 3. The first-order chi connectivity index (χ1) is 16.2. The first-order valence-corrected chi connectivity index (χ1v) is 11.0. The number of aromatic amines is 1. The van der Waals surface area contributed by atoms with Crippen LogP contribution in [0.4, 0.5) is 18.9 Å². The van der Waals surface area contributed by atoms with Gasteiger partial charge < -0.3 is 20.3 Å². The number of benzene rings is 1. The molecule has 2 aromatic heterocycles. The number of nitrogens with zero attached hydrogens (tertiary/aromatic N) is 3. The first kappa shape index (κ1) is 23.7. The van der Waals surface area contributed by atoms with Crippen molar-refractivity contribution in [2.45, 2.75) is 44.2 Å². The van der Waals surface area contributed by atoms with Crippen LogP contribution in [0.15, 0.2) is 29.1 Å². The summed E-state index contributed by atoms with van der Waals surface area (Å²) in [5, 5.41) is 16.2. The molecule has 3 aromatic rings. The average molecular weight is 479 g/mol. The van der Waals surface area contributed by atoms with E-state index in [2.05, 4.69) is 10.3 Å². The molecule has 0 radical (unpaired) electrons.